The van der Waals surface area contributed by atoms with Gasteiger partial charge in [0.1, 0.15) is 6.54 Å². The first kappa shape index (κ1) is 28.0. The number of amides is 2. The number of carbonyl (C=O) groups excluding carboxylic acids is 2. The molecule has 4 atom stereocenters. The van der Waals surface area contributed by atoms with Crippen molar-refractivity contribution in [2.75, 3.05) is 51.3 Å². The molecule has 10 heteroatoms. The summed E-state index contributed by atoms with van der Waals surface area (Å²) in [6.45, 7) is 7.75. The van der Waals surface area contributed by atoms with Crippen LogP contribution >= 0.6 is 0 Å². The third-order valence-corrected chi connectivity index (χ3v) is 6.78. The quantitative estimate of drug-likeness (QED) is 0.426. The first-order chi connectivity index (χ1) is 18.5. The van der Waals surface area contributed by atoms with Gasteiger partial charge in [-0.3, -0.25) is 9.69 Å². The molecular formula is C28H37N3O7. The van der Waals surface area contributed by atoms with Crippen LogP contribution in [-0.2, 0) is 30.3 Å². The smallest absolute Gasteiger partial charge is 0.325 e. The van der Waals surface area contributed by atoms with Gasteiger partial charge in [-0.05, 0) is 30.2 Å². The molecule has 206 valence electrons. The third kappa shape index (κ3) is 7.52. The second-order valence-corrected chi connectivity index (χ2v) is 9.47. The summed E-state index contributed by atoms with van der Waals surface area (Å²) >= 11 is 0. The Labute approximate surface area is 223 Å². The molecule has 2 amide bonds. The first-order valence-corrected chi connectivity index (χ1v) is 13.1. The van der Waals surface area contributed by atoms with E-state index in [2.05, 4.69) is 22.5 Å². The summed E-state index contributed by atoms with van der Waals surface area (Å²) in [6.07, 6.45) is -0.972. The van der Waals surface area contributed by atoms with Crippen molar-refractivity contribution < 1.29 is 33.6 Å². The van der Waals surface area contributed by atoms with E-state index in [4.69, 9.17) is 18.9 Å². The lowest BCUT2D eigenvalue weighted by molar-refractivity contribution is -0.277. The molecule has 38 heavy (non-hydrogen) atoms. The van der Waals surface area contributed by atoms with Crippen molar-refractivity contribution in [1.29, 1.82) is 0 Å². The molecule has 0 aliphatic carbocycles. The molecule has 2 fully saturated rings. The Bertz CT molecular complexity index is 1060. The minimum absolute atomic E-state index is 0.0140. The summed E-state index contributed by atoms with van der Waals surface area (Å²) in [5.41, 5.74) is 3.17. The fraction of sp³-hybridized carbons (Fsp3) is 0.500. The number of hydrogen-bond donors (Lipinski definition) is 3. The van der Waals surface area contributed by atoms with Crippen LogP contribution in [-0.4, -0.2) is 74.1 Å². The number of carbonyl (C=O) groups is 2. The maximum atomic E-state index is 12.3. The van der Waals surface area contributed by atoms with Crippen LogP contribution in [0.1, 0.15) is 42.9 Å². The largest absolute Gasteiger partial charge is 0.465 e. The van der Waals surface area contributed by atoms with E-state index >= 15 is 0 Å². The van der Waals surface area contributed by atoms with Crippen molar-refractivity contribution in [3.63, 3.8) is 0 Å². The van der Waals surface area contributed by atoms with Gasteiger partial charge >= 0.3 is 12.0 Å². The molecule has 2 aliphatic heterocycles. The minimum Gasteiger partial charge on any atom is -0.465 e. The average Bonchev–Trinajstić information content (AvgIpc) is 2.94. The number of rotatable bonds is 9. The number of hydrogen-bond acceptors (Lipinski definition) is 8. The number of esters is 1. The Kier molecular flexibility index (Phi) is 10.1. The minimum atomic E-state index is -0.649. The van der Waals surface area contributed by atoms with Gasteiger partial charge in [0, 0.05) is 36.8 Å². The number of aliphatic hydroxyl groups excluding tert-OH is 1. The molecule has 2 aromatic rings. The summed E-state index contributed by atoms with van der Waals surface area (Å²) in [4.78, 5) is 26.2. The zero-order valence-corrected chi connectivity index (χ0v) is 21.9. The van der Waals surface area contributed by atoms with Gasteiger partial charge in [-0.15, -0.1) is 0 Å². The second-order valence-electron chi connectivity index (χ2n) is 9.47. The second kappa shape index (κ2) is 13.7. The van der Waals surface area contributed by atoms with Crippen molar-refractivity contribution in [2.24, 2.45) is 5.92 Å². The zero-order valence-electron chi connectivity index (χ0n) is 21.9. The molecule has 4 rings (SSSR count). The van der Waals surface area contributed by atoms with E-state index < -0.39 is 18.3 Å². The lowest BCUT2D eigenvalue weighted by atomic mass is 9.90. The van der Waals surface area contributed by atoms with Gasteiger partial charge in [-0.2, -0.15) is 0 Å². The van der Waals surface area contributed by atoms with Crippen LogP contribution in [0, 0.1) is 5.92 Å². The van der Waals surface area contributed by atoms with Crippen molar-refractivity contribution in [3.8, 4) is 0 Å². The number of ether oxygens (including phenoxy) is 4. The van der Waals surface area contributed by atoms with Crippen LogP contribution < -0.4 is 10.6 Å². The fourth-order valence-electron chi connectivity index (χ4n) is 4.67. The number of morpholine rings is 1. The lowest BCUT2D eigenvalue weighted by Gasteiger charge is -2.43. The molecule has 0 saturated carbocycles. The lowest BCUT2D eigenvalue weighted by Crippen LogP contribution is -2.47. The van der Waals surface area contributed by atoms with E-state index in [1.54, 1.807) is 13.0 Å². The van der Waals surface area contributed by atoms with Gasteiger partial charge in [-0.1, -0.05) is 43.3 Å². The van der Waals surface area contributed by atoms with E-state index in [1.807, 2.05) is 42.5 Å². The SMILES string of the molecule is CCOC(=O)CNC(=O)Nc1cccc([C@@H]2O[C@H](CN3CCOCC3)[C@H](C)[C@H](c3ccc(CO)cc3)O2)c1. The highest BCUT2D eigenvalue weighted by atomic mass is 16.7. The van der Waals surface area contributed by atoms with Crippen molar-refractivity contribution >= 4 is 17.7 Å². The van der Waals surface area contributed by atoms with E-state index in [0.717, 1.165) is 36.3 Å². The number of aliphatic hydroxyl groups is 1. The molecule has 10 nitrogen and oxygen atoms in total. The standard InChI is InChI=1S/C28H37N3O7/c1-3-36-25(33)16-29-28(34)30-23-6-4-5-22(15-23)27-37-24(17-31-11-13-35-14-12-31)19(2)26(38-27)21-9-7-20(18-32)8-10-21/h4-10,15,19,24,26-27,32H,3,11-14,16-18H2,1-2H3,(H2,29,30,34)/t19-,24+,26+,27+/m0/s1. The molecule has 2 saturated heterocycles. The van der Waals surface area contributed by atoms with Gasteiger partial charge in [0.25, 0.3) is 0 Å². The van der Waals surface area contributed by atoms with Crippen molar-refractivity contribution in [1.82, 2.24) is 10.2 Å². The Morgan fingerprint density at radius 2 is 1.84 bits per heavy atom. The van der Waals surface area contributed by atoms with Crippen molar-refractivity contribution in [2.45, 2.75) is 39.0 Å². The van der Waals surface area contributed by atoms with Gasteiger partial charge in [-0.25, -0.2) is 4.79 Å². The number of anilines is 1. The molecule has 0 radical (unpaired) electrons. The zero-order chi connectivity index (χ0) is 26.9. The maximum Gasteiger partial charge on any atom is 0.325 e. The molecule has 0 spiro atoms. The van der Waals surface area contributed by atoms with E-state index in [9.17, 15) is 14.7 Å². The summed E-state index contributed by atoms with van der Waals surface area (Å²) in [7, 11) is 0. The highest BCUT2D eigenvalue weighted by Gasteiger charge is 2.39. The van der Waals surface area contributed by atoms with E-state index in [-0.39, 0.29) is 37.9 Å². The average molecular weight is 528 g/mol. The Hall–Kier alpha value is -3.02. The molecule has 2 aliphatic rings. The van der Waals surface area contributed by atoms with Crippen LogP contribution in [0.15, 0.2) is 48.5 Å². The van der Waals surface area contributed by atoms with Gasteiger partial charge < -0.3 is 34.7 Å². The highest BCUT2D eigenvalue weighted by Crippen LogP contribution is 2.42. The molecule has 0 bridgehead atoms. The molecule has 2 aromatic carbocycles. The maximum absolute atomic E-state index is 12.3. The van der Waals surface area contributed by atoms with Crippen LogP contribution in [0.25, 0.3) is 0 Å². The highest BCUT2D eigenvalue weighted by molar-refractivity contribution is 5.91. The van der Waals surface area contributed by atoms with Gasteiger partial charge in [0.15, 0.2) is 6.29 Å². The molecule has 0 aromatic heterocycles. The summed E-state index contributed by atoms with van der Waals surface area (Å²) in [5.74, 6) is -0.428. The number of nitrogens with zero attached hydrogens (tertiary/aromatic N) is 1. The first-order valence-electron chi connectivity index (χ1n) is 13.1. The predicted octanol–water partition coefficient (Wildman–Crippen LogP) is 2.99. The summed E-state index contributed by atoms with van der Waals surface area (Å²) in [6, 6.07) is 14.6. The Balaban J connectivity index is 1.50. The predicted molar refractivity (Wildman–Crippen MR) is 140 cm³/mol. The van der Waals surface area contributed by atoms with Crippen LogP contribution in [0.4, 0.5) is 10.5 Å². The van der Waals surface area contributed by atoms with E-state index in [0.29, 0.717) is 18.9 Å². The normalized spacial score (nSPS) is 24.0. The Morgan fingerprint density at radius 3 is 2.55 bits per heavy atom. The fourth-order valence-corrected chi connectivity index (χ4v) is 4.67. The van der Waals surface area contributed by atoms with E-state index in [1.165, 1.54) is 0 Å². The topological polar surface area (TPSA) is 119 Å². The number of benzene rings is 2. The summed E-state index contributed by atoms with van der Waals surface area (Å²) in [5, 5.41) is 14.7. The van der Waals surface area contributed by atoms with Crippen molar-refractivity contribution in [3.05, 3.63) is 65.2 Å². The Morgan fingerprint density at radius 1 is 1.08 bits per heavy atom. The molecular weight excluding hydrogens is 490 g/mol. The van der Waals surface area contributed by atoms with Crippen LogP contribution in [0.2, 0.25) is 0 Å². The monoisotopic (exact) mass is 527 g/mol. The van der Waals surface area contributed by atoms with Crippen LogP contribution in [0.3, 0.4) is 0 Å². The molecule has 2 heterocycles. The third-order valence-electron chi connectivity index (χ3n) is 6.78. The molecule has 3 N–H and O–H groups in total. The summed E-state index contributed by atoms with van der Waals surface area (Å²) < 4.78 is 23.4. The number of nitrogens with one attached hydrogen (secondary N) is 2. The molecule has 0 unspecified atom stereocenters. The van der Waals surface area contributed by atoms with Gasteiger partial charge in [0.2, 0.25) is 0 Å². The van der Waals surface area contributed by atoms with Gasteiger partial charge in [0.05, 0.1) is 38.6 Å². The number of urea groups is 1. The van der Waals surface area contributed by atoms with Crippen LogP contribution in [0.5, 0.6) is 0 Å².